The van der Waals surface area contributed by atoms with E-state index in [9.17, 15) is 9.59 Å². The van der Waals surface area contributed by atoms with Crippen molar-refractivity contribution in [3.05, 3.63) is 35.9 Å². The summed E-state index contributed by atoms with van der Waals surface area (Å²) in [5.74, 6) is -0.269. The number of esters is 1. The number of carbonyl (C=O) groups excluding carboxylic acids is 2. The summed E-state index contributed by atoms with van der Waals surface area (Å²) in [5, 5.41) is 3.03. The van der Waals surface area contributed by atoms with Crippen LogP contribution in [-0.2, 0) is 20.7 Å². The van der Waals surface area contributed by atoms with Crippen molar-refractivity contribution in [3.8, 4) is 0 Å². The zero-order chi connectivity index (χ0) is 16.7. The molecule has 1 fully saturated rings. The molecule has 0 unspecified atom stereocenters. The first-order chi connectivity index (χ1) is 11.1. The summed E-state index contributed by atoms with van der Waals surface area (Å²) in [6.07, 6.45) is 3.46. The fourth-order valence-corrected chi connectivity index (χ4v) is 3.09. The number of hydrogen-bond donors (Lipinski definition) is 1. The molecule has 1 saturated heterocycles. The highest BCUT2D eigenvalue weighted by Crippen LogP contribution is 2.15. The van der Waals surface area contributed by atoms with Gasteiger partial charge in [0.1, 0.15) is 6.04 Å². The van der Waals surface area contributed by atoms with Gasteiger partial charge in [-0.05, 0) is 18.4 Å². The molecule has 0 saturated carbocycles. The van der Waals surface area contributed by atoms with Gasteiger partial charge in [-0.25, -0.2) is 0 Å². The largest absolute Gasteiger partial charge is 0.468 e. The minimum Gasteiger partial charge on any atom is -0.468 e. The Morgan fingerprint density at radius 3 is 2.78 bits per heavy atom. The van der Waals surface area contributed by atoms with Crippen LogP contribution in [0.15, 0.2) is 30.3 Å². The predicted octanol–water partition coefficient (Wildman–Crippen LogP) is 1.76. The van der Waals surface area contributed by atoms with Crippen LogP contribution >= 0.6 is 0 Å². The topological polar surface area (TPSA) is 58.6 Å². The highest BCUT2D eigenvalue weighted by molar-refractivity contribution is 5.81. The van der Waals surface area contributed by atoms with E-state index in [1.54, 1.807) is 0 Å². The van der Waals surface area contributed by atoms with E-state index in [1.165, 1.54) is 12.7 Å². The summed E-state index contributed by atoms with van der Waals surface area (Å²) in [4.78, 5) is 26.1. The van der Waals surface area contributed by atoms with Crippen LogP contribution in [0, 0.1) is 0 Å². The van der Waals surface area contributed by atoms with Gasteiger partial charge >= 0.3 is 5.97 Å². The molecule has 1 aromatic rings. The van der Waals surface area contributed by atoms with Crippen LogP contribution in [-0.4, -0.2) is 49.1 Å². The van der Waals surface area contributed by atoms with Crippen LogP contribution < -0.4 is 5.32 Å². The second-order valence-electron chi connectivity index (χ2n) is 6.06. The van der Waals surface area contributed by atoms with Gasteiger partial charge in [-0.1, -0.05) is 50.1 Å². The minimum atomic E-state index is -0.329. The molecule has 0 aliphatic carbocycles. The Labute approximate surface area is 138 Å². The maximum absolute atomic E-state index is 12.1. The molecule has 23 heavy (non-hydrogen) atoms. The molecule has 1 aliphatic rings. The van der Waals surface area contributed by atoms with Gasteiger partial charge in [0.15, 0.2) is 0 Å². The lowest BCUT2D eigenvalue weighted by molar-refractivity contribution is -0.149. The molecule has 126 valence electrons. The molecular formula is C18H26N2O3. The van der Waals surface area contributed by atoms with Gasteiger partial charge in [-0.2, -0.15) is 0 Å². The number of carbonyl (C=O) groups is 2. The van der Waals surface area contributed by atoms with E-state index >= 15 is 0 Å². The maximum Gasteiger partial charge on any atom is 0.323 e. The average molecular weight is 318 g/mol. The molecular weight excluding hydrogens is 292 g/mol. The predicted molar refractivity (Wildman–Crippen MR) is 89.0 cm³/mol. The first-order valence-corrected chi connectivity index (χ1v) is 8.29. The lowest BCUT2D eigenvalue weighted by Gasteiger charge is -2.37. The second kappa shape index (κ2) is 8.67. The normalized spacial score (nSPS) is 19.9. The van der Waals surface area contributed by atoms with E-state index in [0.717, 1.165) is 25.7 Å². The molecule has 2 atom stereocenters. The molecule has 5 nitrogen and oxygen atoms in total. The van der Waals surface area contributed by atoms with Crippen LogP contribution in [0.4, 0.5) is 0 Å². The smallest absolute Gasteiger partial charge is 0.323 e. The van der Waals surface area contributed by atoms with Gasteiger partial charge in [0, 0.05) is 12.6 Å². The van der Waals surface area contributed by atoms with E-state index in [2.05, 4.69) is 24.4 Å². The second-order valence-corrected chi connectivity index (χ2v) is 6.06. The van der Waals surface area contributed by atoms with Crippen LogP contribution in [0.3, 0.4) is 0 Å². The van der Waals surface area contributed by atoms with Crippen molar-refractivity contribution >= 4 is 11.9 Å². The van der Waals surface area contributed by atoms with Gasteiger partial charge in [0.2, 0.25) is 5.91 Å². The fourth-order valence-electron chi connectivity index (χ4n) is 3.09. The Kier molecular flexibility index (Phi) is 6.59. The maximum atomic E-state index is 12.1. The number of unbranched alkanes of at least 4 members (excludes halogenated alkanes) is 1. The van der Waals surface area contributed by atoms with Gasteiger partial charge in [-0.3, -0.25) is 14.5 Å². The quantitative estimate of drug-likeness (QED) is 0.778. The molecule has 0 aromatic heterocycles. The zero-order valence-electron chi connectivity index (χ0n) is 14.0. The van der Waals surface area contributed by atoms with Crippen molar-refractivity contribution in [2.45, 2.75) is 44.7 Å². The van der Waals surface area contributed by atoms with Gasteiger partial charge in [-0.15, -0.1) is 0 Å². The Morgan fingerprint density at radius 2 is 2.13 bits per heavy atom. The number of nitrogens with zero attached hydrogens (tertiary/aromatic N) is 1. The number of hydrogen-bond acceptors (Lipinski definition) is 4. The third kappa shape index (κ3) is 5.06. The van der Waals surface area contributed by atoms with Crippen molar-refractivity contribution in [2.24, 2.45) is 0 Å². The van der Waals surface area contributed by atoms with E-state index in [1.807, 2.05) is 23.1 Å². The molecule has 0 spiro atoms. The van der Waals surface area contributed by atoms with E-state index < -0.39 is 0 Å². The first kappa shape index (κ1) is 17.5. The number of ether oxygens (including phenoxy) is 1. The molecule has 1 N–H and O–H groups in total. The molecule has 1 amide bonds. The monoisotopic (exact) mass is 318 g/mol. The van der Waals surface area contributed by atoms with Gasteiger partial charge in [0.25, 0.3) is 0 Å². The number of rotatable bonds is 7. The lowest BCUT2D eigenvalue weighted by atomic mass is 10.0. The van der Waals surface area contributed by atoms with E-state index in [-0.39, 0.29) is 30.5 Å². The van der Waals surface area contributed by atoms with Crippen molar-refractivity contribution in [1.29, 1.82) is 0 Å². The van der Waals surface area contributed by atoms with Crippen LogP contribution in [0.5, 0.6) is 0 Å². The Hall–Kier alpha value is -1.88. The summed E-state index contributed by atoms with van der Waals surface area (Å²) >= 11 is 0. The summed E-state index contributed by atoms with van der Waals surface area (Å²) in [6.45, 7) is 3.02. The third-order valence-corrected chi connectivity index (χ3v) is 4.24. The zero-order valence-corrected chi connectivity index (χ0v) is 14.0. The Balaban J connectivity index is 2.05. The first-order valence-electron chi connectivity index (χ1n) is 8.29. The van der Waals surface area contributed by atoms with Crippen LogP contribution in [0.2, 0.25) is 0 Å². The molecule has 1 aliphatic heterocycles. The van der Waals surface area contributed by atoms with Gasteiger partial charge < -0.3 is 10.1 Å². The summed E-state index contributed by atoms with van der Waals surface area (Å²) in [6, 6.07) is 9.77. The van der Waals surface area contributed by atoms with Crippen LogP contribution in [0.25, 0.3) is 0 Å². The summed E-state index contributed by atoms with van der Waals surface area (Å²) in [5.41, 5.74) is 1.18. The summed E-state index contributed by atoms with van der Waals surface area (Å²) in [7, 11) is 1.41. The molecule has 1 heterocycles. The number of benzene rings is 1. The lowest BCUT2D eigenvalue weighted by Crippen LogP contribution is -2.59. The van der Waals surface area contributed by atoms with Crippen LogP contribution in [0.1, 0.15) is 31.7 Å². The van der Waals surface area contributed by atoms with Crippen molar-refractivity contribution in [1.82, 2.24) is 10.2 Å². The highest BCUT2D eigenvalue weighted by Gasteiger charge is 2.33. The Morgan fingerprint density at radius 1 is 1.39 bits per heavy atom. The van der Waals surface area contributed by atoms with E-state index in [0.29, 0.717) is 6.54 Å². The standard InChI is InChI=1S/C18H26N2O3/c1-3-4-10-16(18(22)23-2)20-12-15(19-17(21)13-20)11-14-8-6-5-7-9-14/h5-9,15-16H,3-4,10-13H2,1-2H3,(H,19,21)/t15-,16+/m1/s1. The number of piperazine rings is 1. The Bertz CT molecular complexity index is 518. The molecule has 1 aromatic carbocycles. The van der Waals surface area contributed by atoms with Crippen molar-refractivity contribution in [3.63, 3.8) is 0 Å². The number of methoxy groups -OCH3 is 1. The average Bonchev–Trinajstić information content (AvgIpc) is 2.55. The number of amides is 1. The fraction of sp³-hybridized carbons (Fsp3) is 0.556. The third-order valence-electron chi connectivity index (χ3n) is 4.24. The van der Waals surface area contributed by atoms with Crippen molar-refractivity contribution < 1.29 is 14.3 Å². The highest BCUT2D eigenvalue weighted by atomic mass is 16.5. The van der Waals surface area contributed by atoms with Gasteiger partial charge in [0.05, 0.1) is 13.7 Å². The molecule has 5 heteroatoms. The number of nitrogens with one attached hydrogen (secondary N) is 1. The van der Waals surface area contributed by atoms with Crippen molar-refractivity contribution in [2.75, 3.05) is 20.2 Å². The molecule has 2 rings (SSSR count). The summed E-state index contributed by atoms with van der Waals surface area (Å²) < 4.78 is 4.94. The molecule has 0 radical (unpaired) electrons. The van der Waals surface area contributed by atoms with E-state index in [4.69, 9.17) is 4.74 Å². The minimum absolute atomic E-state index is 0.0208. The SMILES string of the molecule is CCCC[C@@H](C(=O)OC)N1CC(=O)N[C@H](Cc2ccccc2)C1. The molecule has 0 bridgehead atoms.